The van der Waals surface area contributed by atoms with Crippen molar-refractivity contribution in [2.24, 2.45) is 5.41 Å². The number of carbonyl (C=O) groups excluding carboxylic acids is 4. The van der Waals surface area contributed by atoms with E-state index in [1.807, 2.05) is 6.07 Å². The maximum atomic E-state index is 13.2. The molecule has 2 atom stereocenters. The number of hydrogen-bond acceptors (Lipinski definition) is 6. The molecular formula is C27H28N4O4. The number of imide groups is 2. The largest absolute Gasteiger partial charge is 0.317 e. The van der Waals surface area contributed by atoms with Gasteiger partial charge in [0.15, 0.2) is 0 Å². The van der Waals surface area contributed by atoms with Crippen molar-refractivity contribution in [1.82, 2.24) is 20.9 Å². The summed E-state index contributed by atoms with van der Waals surface area (Å²) >= 11 is 0. The molecule has 1 spiro atoms. The van der Waals surface area contributed by atoms with E-state index in [2.05, 4.69) is 40.2 Å². The zero-order chi connectivity index (χ0) is 24.2. The first-order chi connectivity index (χ1) is 17.0. The van der Waals surface area contributed by atoms with Gasteiger partial charge in [-0.3, -0.25) is 29.4 Å². The third kappa shape index (κ3) is 3.59. The number of nitrogens with zero attached hydrogens (tertiary/aromatic N) is 1. The van der Waals surface area contributed by atoms with E-state index in [1.54, 1.807) is 12.1 Å². The summed E-state index contributed by atoms with van der Waals surface area (Å²) < 4.78 is 0. The van der Waals surface area contributed by atoms with E-state index in [9.17, 15) is 19.2 Å². The normalized spacial score (nSPS) is 25.1. The van der Waals surface area contributed by atoms with Crippen molar-refractivity contribution >= 4 is 23.6 Å². The van der Waals surface area contributed by atoms with Crippen LogP contribution in [0.15, 0.2) is 42.5 Å². The van der Waals surface area contributed by atoms with Crippen LogP contribution in [0.1, 0.15) is 69.1 Å². The zero-order valence-corrected chi connectivity index (χ0v) is 19.4. The minimum absolute atomic E-state index is 0.110. The van der Waals surface area contributed by atoms with Crippen LogP contribution in [0, 0.1) is 5.41 Å². The molecule has 0 aromatic heterocycles. The fraction of sp³-hybridized carbons (Fsp3) is 0.407. The van der Waals surface area contributed by atoms with Gasteiger partial charge in [0.05, 0.1) is 11.1 Å². The summed E-state index contributed by atoms with van der Waals surface area (Å²) in [4.78, 5) is 51.0. The minimum Gasteiger partial charge on any atom is -0.317 e. The summed E-state index contributed by atoms with van der Waals surface area (Å²) in [5, 5.41) is 9.50. The smallest absolute Gasteiger partial charge is 0.262 e. The molecule has 1 aliphatic carbocycles. The van der Waals surface area contributed by atoms with E-state index in [4.69, 9.17) is 0 Å². The van der Waals surface area contributed by atoms with Crippen LogP contribution < -0.4 is 16.0 Å². The molecule has 0 saturated carbocycles. The first-order valence-corrected chi connectivity index (χ1v) is 12.3. The first kappa shape index (κ1) is 22.1. The Morgan fingerprint density at radius 1 is 0.971 bits per heavy atom. The number of benzene rings is 2. The average molecular weight is 473 g/mol. The van der Waals surface area contributed by atoms with Crippen molar-refractivity contribution in [1.29, 1.82) is 0 Å². The van der Waals surface area contributed by atoms with E-state index in [-0.39, 0.29) is 30.2 Å². The van der Waals surface area contributed by atoms with Crippen LogP contribution in [0.2, 0.25) is 0 Å². The highest BCUT2D eigenvalue weighted by atomic mass is 16.2. The molecule has 180 valence electrons. The Hall–Kier alpha value is -3.36. The molecule has 3 aliphatic heterocycles. The Morgan fingerprint density at radius 2 is 1.74 bits per heavy atom. The topological polar surface area (TPSA) is 108 Å². The van der Waals surface area contributed by atoms with Gasteiger partial charge in [0.2, 0.25) is 11.8 Å². The monoisotopic (exact) mass is 472 g/mol. The highest BCUT2D eigenvalue weighted by molar-refractivity contribution is 6.23. The predicted molar refractivity (Wildman–Crippen MR) is 127 cm³/mol. The number of rotatable bonds is 4. The lowest BCUT2D eigenvalue weighted by Crippen LogP contribution is -2.54. The Morgan fingerprint density at radius 3 is 2.54 bits per heavy atom. The summed E-state index contributed by atoms with van der Waals surface area (Å²) in [7, 11) is 0. The van der Waals surface area contributed by atoms with Crippen molar-refractivity contribution in [3.63, 3.8) is 0 Å². The van der Waals surface area contributed by atoms with Crippen LogP contribution in [-0.4, -0.2) is 47.7 Å². The fourth-order valence-electron chi connectivity index (χ4n) is 6.35. The van der Waals surface area contributed by atoms with E-state index >= 15 is 0 Å². The number of nitrogens with one attached hydrogen (secondary N) is 3. The summed E-state index contributed by atoms with van der Waals surface area (Å²) in [5.74, 6) is -1.92. The van der Waals surface area contributed by atoms with Gasteiger partial charge in [0, 0.05) is 19.0 Å². The summed E-state index contributed by atoms with van der Waals surface area (Å²) in [6.45, 7) is 2.59. The number of piperidine rings is 2. The van der Waals surface area contributed by atoms with Crippen LogP contribution in [0.5, 0.6) is 0 Å². The van der Waals surface area contributed by atoms with Gasteiger partial charge in [-0.1, -0.05) is 30.3 Å². The van der Waals surface area contributed by atoms with E-state index in [1.165, 1.54) is 11.1 Å². The van der Waals surface area contributed by atoms with Gasteiger partial charge >= 0.3 is 0 Å². The van der Waals surface area contributed by atoms with Gasteiger partial charge in [-0.15, -0.1) is 0 Å². The standard InChI is InChI=1S/C27H28N4O4/c32-22-8-7-21(24(33)30-22)31-25(34)19-6-5-16(13-20(19)26(31)35)15-29-23-18-4-2-1-3-17(18)14-27(23)9-11-28-12-10-27/h1-6,13,21,23,28-29H,7-12,14-15H2,(H,30,32,33). The molecule has 2 unspecified atom stereocenters. The second-order valence-corrected chi connectivity index (χ2v) is 10.1. The SMILES string of the molecule is O=C1CCC(N2C(=O)c3ccc(CNC4c5ccccc5CC45CCNCC5)cc3C2=O)C(=O)N1. The van der Waals surface area contributed by atoms with Crippen LogP contribution in [0.4, 0.5) is 0 Å². The van der Waals surface area contributed by atoms with Crippen molar-refractivity contribution in [3.05, 3.63) is 70.3 Å². The molecule has 8 heteroatoms. The zero-order valence-electron chi connectivity index (χ0n) is 19.4. The third-order valence-electron chi connectivity index (χ3n) is 8.13. The molecule has 3 heterocycles. The van der Waals surface area contributed by atoms with Crippen molar-refractivity contribution < 1.29 is 19.2 Å². The van der Waals surface area contributed by atoms with Gasteiger partial charge in [-0.25, -0.2) is 0 Å². The quantitative estimate of drug-likeness (QED) is 0.587. The molecule has 35 heavy (non-hydrogen) atoms. The number of amides is 4. The molecular weight excluding hydrogens is 444 g/mol. The first-order valence-electron chi connectivity index (χ1n) is 12.3. The number of hydrogen-bond donors (Lipinski definition) is 3. The molecule has 2 saturated heterocycles. The van der Waals surface area contributed by atoms with Crippen LogP contribution in [0.25, 0.3) is 0 Å². The second-order valence-electron chi connectivity index (χ2n) is 10.1. The fourth-order valence-corrected chi connectivity index (χ4v) is 6.35. The van der Waals surface area contributed by atoms with E-state index in [0.717, 1.165) is 42.8 Å². The molecule has 2 aromatic carbocycles. The Bertz CT molecular complexity index is 1250. The molecule has 2 fully saturated rings. The van der Waals surface area contributed by atoms with Crippen molar-refractivity contribution in [2.45, 2.75) is 50.7 Å². The van der Waals surface area contributed by atoms with Gasteiger partial charge in [0.1, 0.15) is 6.04 Å². The minimum atomic E-state index is -0.948. The lowest BCUT2D eigenvalue weighted by molar-refractivity contribution is -0.136. The lowest BCUT2D eigenvalue weighted by Gasteiger charge is -2.40. The molecule has 4 aliphatic rings. The maximum Gasteiger partial charge on any atom is 0.262 e. The molecule has 3 N–H and O–H groups in total. The highest BCUT2D eigenvalue weighted by Gasteiger charge is 2.47. The predicted octanol–water partition coefficient (Wildman–Crippen LogP) is 1.84. The van der Waals surface area contributed by atoms with Gasteiger partial charge in [-0.05, 0) is 73.0 Å². The number of fused-ring (bicyclic) bond motifs is 2. The van der Waals surface area contributed by atoms with Gasteiger partial charge < -0.3 is 10.6 Å². The maximum absolute atomic E-state index is 13.2. The molecule has 4 amide bonds. The molecule has 2 aromatic rings. The van der Waals surface area contributed by atoms with Crippen LogP contribution in [0.3, 0.4) is 0 Å². The van der Waals surface area contributed by atoms with Crippen molar-refractivity contribution in [3.8, 4) is 0 Å². The summed E-state index contributed by atoms with van der Waals surface area (Å²) in [6.07, 6.45) is 3.55. The van der Waals surface area contributed by atoms with E-state index in [0.29, 0.717) is 17.7 Å². The van der Waals surface area contributed by atoms with Gasteiger partial charge in [-0.2, -0.15) is 0 Å². The van der Waals surface area contributed by atoms with E-state index < -0.39 is 23.8 Å². The van der Waals surface area contributed by atoms with Crippen LogP contribution >= 0.6 is 0 Å². The second kappa shape index (κ2) is 8.39. The lowest BCUT2D eigenvalue weighted by atomic mass is 9.73. The molecule has 8 nitrogen and oxygen atoms in total. The molecule has 0 bridgehead atoms. The average Bonchev–Trinajstić information content (AvgIpc) is 3.28. The van der Waals surface area contributed by atoms with Crippen LogP contribution in [-0.2, 0) is 22.6 Å². The highest BCUT2D eigenvalue weighted by Crippen LogP contribution is 2.51. The summed E-state index contributed by atoms with van der Waals surface area (Å²) in [6, 6.07) is 13.2. The van der Waals surface area contributed by atoms with Crippen molar-refractivity contribution in [2.75, 3.05) is 13.1 Å². The molecule has 0 radical (unpaired) electrons. The summed E-state index contributed by atoms with van der Waals surface area (Å²) in [5.41, 5.74) is 4.49. The Kier molecular flexibility index (Phi) is 5.30. The Balaban J connectivity index is 1.23. The Labute approximate surface area is 203 Å². The third-order valence-corrected chi connectivity index (χ3v) is 8.13. The molecule has 6 rings (SSSR count). The van der Waals surface area contributed by atoms with Gasteiger partial charge in [0.25, 0.3) is 11.8 Å². The number of carbonyl (C=O) groups is 4.